The van der Waals surface area contributed by atoms with Crippen LogP contribution in [0.15, 0.2) is 18.2 Å². The van der Waals surface area contributed by atoms with Crippen LogP contribution < -0.4 is 10.1 Å². The molecule has 0 aliphatic carbocycles. The van der Waals surface area contributed by atoms with Gasteiger partial charge in [0.15, 0.2) is 0 Å². The van der Waals surface area contributed by atoms with E-state index in [1.54, 1.807) is 0 Å². The first-order chi connectivity index (χ1) is 7.77. The number of piperidine rings is 1. The number of rotatable bonds is 0. The lowest BCUT2D eigenvalue weighted by Crippen LogP contribution is -2.48. The molecule has 0 radical (unpaired) electrons. The number of hydrogen-bond donors (Lipinski definition) is 1. The van der Waals surface area contributed by atoms with Crippen molar-refractivity contribution >= 4 is 11.6 Å². The molecule has 1 saturated heterocycles. The van der Waals surface area contributed by atoms with Crippen molar-refractivity contribution in [2.75, 3.05) is 13.1 Å². The molecule has 1 aromatic rings. The Kier molecular flexibility index (Phi) is 2.56. The maximum atomic E-state index is 6.22. The molecular formula is C13H16ClNO. The van der Waals surface area contributed by atoms with Gasteiger partial charge in [-0.05, 0) is 62.5 Å². The summed E-state index contributed by atoms with van der Waals surface area (Å²) >= 11 is 5.99. The largest absolute Gasteiger partial charge is 0.487 e. The molecule has 1 spiro atoms. The molecule has 2 heterocycles. The van der Waals surface area contributed by atoms with Crippen LogP contribution in [0.5, 0.6) is 5.75 Å². The highest BCUT2D eigenvalue weighted by Crippen LogP contribution is 2.38. The Hall–Kier alpha value is -0.730. The van der Waals surface area contributed by atoms with E-state index >= 15 is 0 Å². The van der Waals surface area contributed by atoms with Gasteiger partial charge in [-0.3, -0.25) is 0 Å². The number of ether oxygens (including phenoxy) is 1. The smallest absolute Gasteiger partial charge is 0.123 e. The molecule has 86 valence electrons. The fourth-order valence-corrected chi connectivity index (χ4v) is 2.92. The van der Waals surface area contributed by atoms with E-state index < -0.39 is 0 Å². The third-order valence-electron chi connectivity index (χ3n) is 3.71. The van der Waals surface area contributed by atoms with Crippen LogP contribution in [0, 0.1) is 0 Å². The Morgan fingerprint density at radius 3 is 2.81 bits per heavy atom. The summed E-state index contributed by atoms with van der Waals surface area (Å²) in [6.45, 7) is 2.14. The molecule has 0 atom stereocenters. The molecular weight excluding hydrogens is 222 g/mol. The van der Waals surface area contributed by atoms with Crippen LogP contribution in [-0.4, -0.2) is 18.7 Å². The van der Waals surface area contributed by atoms with Gasteiger partial charge in [0.05, 0.1) is 0 Å². The summed E-state index contributed by atoms with van der Waals surface area (Å²) < 4.78 is 6.22. The summed E-state index contributed by atoms with van der Waals surface area (Å²) in [5.74, 6) is 1.04. The van der Waals surface area contributed by atoms with Crippen molar-refractivity contribution in [3.63, 3.8) is 0 Å². The first-order valence-electron chi connectivity index (χ1n) is 5.96. The van der Waals surface area contributed by atoms with Gasteiger partial charge in [-0.15, -0.1) is 0 Å². The summed E-state index contributed by atoms with van der Waals surface area (Å²) in [5, 5.41) is 4.20. The van der Waals surface area contributed by atoms with Gasteiger partial charge in [-0.2, -0.15) is 0 Å². The SMILES string of the molecule is Clc1ccc2c(c1)CCC1(CCNCC1)O2. The zero-order chi connectivity index (χ0) is 11.0. The monoisotopic (exact) mass is 237 g/mol. The van der Waals surface area contributed by atoms with Gasteiger partial charge in [0, 0.05) is 5.02 Å². The van der Waals surface area contributed by atoms with Crippen LogP contribution in [0.3, 0.4) is 0 Å². The van der Waals surface area contributed by atoms with Gasteiger partial charge < -0.3 is 10.1 Å². The number of fused-ring (bicyclic) bond motifs is 1. The van der Waals surface area contributed by atoms with E-state index in [4.69, 9.17) is 16.3 Å². The normalized spacial score (nSPS) is 22.6. The van der Waals surface area contributed by atoms with Crippen LogP contribution in [-0.2, 0) is 6.42 Å². The van der Waals surface area contributed by atoms with Crippen molar-refractivity contribution in [1.29, 1.82) is 0 Å². The first-order valence-corrected chi connectivity index (χ1v) is 6.33. The van der Waals surface area contributed by atoms with Crippen LogP contribution in [0.25, 0.3) is 0 Å². The van der Waals surface area contributed by atoms with Crippen molar-refractivity contribution in [3.05, 3.63) is 28.8 Å². The second kappa shape index (κ2) is 3.94. The van der Waals surface area contributed by atoms with Gasteiger partial charge in [0.1, 0.15) is 11.4 Å². The molecule has 3 heteroatoms. The third-order valence-corrected chi connectivity index (χ3v) is 3.95. The maximum absolute atomic E-state index is 6.22. The lowest BCUT2D eigenvalue weighted by Gasteiger charge is -2.41. The zero-order valence-corrected chi connectivity index (χ0v) is 10.0. The average molecular weight is 238 g/mol. The van der Waals surface area contributed by atoms with Gasteiger partial charge in [0.25, 0.3) is 0 Å². The zero-order valence-electron chi connectivity index (χ0n) is 9.26. The maximum Gasteiger partial charge on any atom is 0.123 e. The van der Waals surface area contributed by atoms with Crippen molar-refractivity contribution < 1.29 is 4.74 Å². The van der Waals surface area contributed by atoms with Crippen molar-refractivity contribution in [1.82, 2.24) is 5.32 Å². The Bertz CT molecular complexity index is 399. The molecule has 16 heavy (non-hydrogen) atoms. The lowest BCUT2D eigenvalue weighted by molar-refractivity contribution is 0.0170. The first kappa shape index (κ1) is 10.4. The van der Waals surface area contributed by atoms with E-state index in [1.807, 2.05) is 18.2 Å². The van der Waals surface area contributed by atoms with Crippen LogP contribution in [0.1, 0.15) is 24.8 Å². The topological polar surface area (TPSA) is 21.3 Å². The van der Waals surface area contributed by atoms with E-state index in [9.17, 15) is 0 Å². The summed E-state index contributed by atoms with van der Waals surface area (Å²) in [6, 6.07) is 5.96. The molecule has 0 unspecified atom stereocenters. The highest BCUT2D eigenvalue weighted by molar-refractivity contribution is 6.30. The molecule has 0 bridgehead atoms. The molecule has 0 aromatic heterocycles. The second-order valence-corrected chi connectivity index (χ2v) is 5.22. The lowest BCUT2D eigenvalue weighted by atomic mass is 9.84. The van der Waals surface area contributed by atoms with E-state index in [-0.39, 0.29) is 5.60 Å². The minimum absolute atomic E-state index is 0.0894. The molecule has 0 amide bonds. The predicted molar refractivity (Wildman–Crippen MR) is 65.2 cm³/mol. The van der Waals surface area contributed by atoms with Crippen LogP contribution >= 0.6 is 11.6 Å². The summed E-state index contributed by atoms with van der Waals surface area (Å²) in [7, 11) is 0. The fraction of sp³-hybridized carbons (Fsp3) is 0.538. The van der Waals surface area contributed by atoms with Gasteiger partial charge in [-0.1, -0.05) is 11.6 Å². The van der Waals surface area contributed by atoms with Gasteiger partial charge in [0.2, 0.25) is 0 Å². The summed E-state index contributed by atoms with van der Waals surface area (Å²) in [4.78, 5) is 0. The van der Waals surface area contributed by atoms with Crippen LogP contribution in [0.2, 0.25) is 5.02 Å². The quantitative estimate of drug-likeness (QED) is 0.749. The predicted octanol–water partition coefficient (Wildman–Crippen LogP) is 2.79. The van der Waals surface area contributed by atoms with Gasteiger partial charge >= 0.3 is 0 Å². The fourth-order valence-electron chi connectivity index (χ4n) is 2.72. The minimum Gasteiger partial charge on any atom is -0.487 e. The van der Waals surface area contributed by atoms with Gasteiger partial charge in [-0.25, -0.2) is 0 Å². The number of benzene rings is 1. The summed E-state index contributed by atoms with van der Waals surface area (Å²) in [6.07, 6.45) is 4.46. The Labute approximate surface area is 101 Å². The van der Waals surface area contributed by atoms with E-state index in [1.165, 1.54) is 5.56 Å². The number of aryl methyl sites for hydroxylation is 1. The highest BCUT2D eigenvalue weighted by Gasteiger charge is 2.37. The van der Waals surface area contributed by atoms with E-state index in [0.717, 1.165) is 49.5 Å². The highest BCUT2D eigenvalue weighted by atomic mass is 35.5. The van der Waals surface area contributed by atoms with Crippen molar-refractivity contribution in [3.8, 4) is 5.75 Å². The minimum atomic E-state index is 0.0894. The third kappa shape index (κ3) is 1.80. The molecule has 1 aromatic carbocycles. The molecule has 1 fully saturated rings. The standard InChI is InChI=1S/C13H16ClNO/c14-11-1-2-12-10(9-11)3-4-13(16-12)5-7-15-8-6-13/h1-2,9,15H,3-8H2. The summed E-state index contributed by atoms with van der Waals surface area (Å²) in [5.41, 5.74) is 1.35. The molecule has 0 saturated carbocycles. The molecule has 2 aliphatic heterocycles. The number of nitrogens with one attached hydrogen (secondary N) is 1. The van der Waals surface area contributed by atoms with Crippen molar-refractivity contribution in [2.24, 2.45) is 0 Å². The van der Waals surface area contributed by atoms with E-state index in [0.29, 0.717) is 0 Å². The molecule has 3 rings (SSSR count). The Balaban J connectivity index is 1.88. The molecule has 2 aliphatic rings. The van der Waals surface area contributed by atoms with Crippen molar-refractivity contribution in [2.45, 2.75) is 31.3 Å². The Morgan fingerprint density at radius 2 is 2.00 bits per heavy atom. The number of halogens is 1. The van der Waals surface area contributed by atoms with E-state index in [2.05, 4.69) is 5.32 Å². The molecule has 1 N–H and O–H groups in total. The second-order valence-electron chi connectivity index (χ2n) is 4.79. The number of hydrogen-bond acceptors (Lipinski definition) is 2. The average Bonchev–Trinajstić information content (AvgIpc) is 2.31. The molecule has 2 nitrogen and oxygen atoms in total. The Morgan fingerprint density at radius 1 is 1.19 bits per heavy atom. The van der Waals surface area contributed by atoms with Crippen LogP contribution in [0.4, 0.5) is 0 Å².